The van der Waals surface area contributed by atoms with Crippen molar-refractivity contribution in [3.8, 4) is 0 Å². The number of benzene rings is 1. The molecule has 0 aliphatic heterocycles. The highest BCUT2D eigenvalue weighted by molar-refractivity contribution is 5.66. The summed E-state index contributed by atoms with van der Waals surface area (Å²) in [5, 5.41) is 0. The van der Waals surface area contributed by atoms with E-state index in [1.807, 2.05) is 24.3 Å². The maximum absolute atomic E-state index is 10.5. The molecule has 0 fully saturated rings. The smallest absolute Gasteiger partial charge is 0.127 e. The van der Waals surface area contributed by atoms with Crippen molar-refractivity contribution in [3.63, 3.8) is 0 Å². The van der Waals surface area contributed by atoms with Gasteiger partial charge in [-0.15, -0.1) is 0 Å². The molecule has 0 N–H and O–H groups in total. The highest BCUT2D eigenvalue weighted by Gasteiger charge is 2.11. The summed E-state index contributed by atoms with van der Waals surface area (Å²) in [5.41, 5.74) is 2.52. The lowest BCUT2D eigenvalue weighted by Gasteiger charge is -2.13. The fourth-order valence-electron chi connectivity index (χ4n) is 1.53. The number of aldehydes is 1. The van der Waals surface area contributed by atoms with Crippen LogP contribution >= 0.6 is 0 Å². The Bertz CT molecular complexity index is 326. The maximum Gasteiger partial charge on any atom is 0.127 e. The molecule has 1 atom stereocenters. The molecule has 0 aromatic heterocycles. The molecule has 1 aliphatic rings. The number of allylic oxidation sites excluding steroid dienone is 1. The molecule has 1 aromatic rings. The summed E-state index contributed by atoms with van der Waals surface area (Å²) in [6, 6.07) is 8.19. The molecule has 0 radical (unpaired) electrons. The summed E-state index contributed by atoms with van der Waals surface area (Å²) in [7, 11) is 0. The van der Waals surface area contributed by atoms with Crippen LogP contribution < -0.4 is 0 Å². The van der Waals surface area contributed by atoms with Gasteiger partial charge in [-0.05, 0) is 17.5 Å². The van der Waals surface area contributed by atoms with E-state index < -0.39 is 0 Å². The Morgan fingerprint density at radius 2 is 2.17 bits per heavy atom. The van der Waals surface area contributed by atoms with Crippen molar-refractivity contribution in [1.29, 1.82) is 0 Å². The van der Waals surface area contributed by atoms with Gasteiger partial charge in [-0.1, -0.05) is 36.4 Å². The Morgan fingerprint density at radius 1 is 1.33 bits per heavy atom. The van der Waals surface area contributed by atoms with E-state index in [-0.39, 0.29) is 5.92 Å². The Labute approximate surface area is 71.7 Å². The first-order chi connectivity index (χ1) is 5.90. The first-order valence-corrected chi connectivity index (χ1v) is 4.11. The lowest BCUT2D eigenvalue weighted by Crippen LogP contribution is -2.07. The van der Waals surface area contributed by atoms with Crippen LogP contribution in [0.5, 0.6) is 0 Å². The number of hydrogen-bond acceptors (Lipinski definition) is 1. The zero-order valence-electron chi connectivity index (χ0n) is 6.73. The van der Waals surface area contributed by atoms with Gasteiger partial charge in [-0.3, -0.25) is 0 Å². The van der Waals surface area contributed by atoms with Crippen molar-refractivity contribution >= 4 is 12.4 Å². The van der Waals surface area contributed by atoms with Gasteiger partial charge < -0.3 is 4.79 Å². The van der Waals surface area contributed by atoms with E-state index in [0.717, 1.165) is 12.7 Å². The summed E-state index contributed by atoms with van der Waals surface area (Å²) < 4.78 is 0. The lowest BCUT2D eigenvalue weighted by atomic mass is 9.91. The van der Waals surface area contributed by atoms with E-state index in [4.69, 9.17) is 0 Å². The molecule has 0 spiro atoms. The van der Waals surface area contributed by atoms with Crippen LogP contribution in [-0.4, -0.2) is 6.29 Å². The van der Waals surface area contributed by atoms with E-state index in [0.29, 0.717) is 0 Å². The summed E-state index contributed by atoms with van der Waals surface area (Å²) in [6.45, 7) is 0. The highest BCUT2D eigenvalue weighted by atomic mass is 16.1. The van der Waals surface area contributed by atoms with Gasteiger partial charge in [-0.25, -0.2) is 0 Å². The average Bonchev–Trinajstić information content (AvgIpc) is 2.17. The first kappa shape index (κ1) is 7.29. The normalized spacial score (nSPS) is 20.2. The highest BCUT2D eigenvalue weighted by Crippen LogP contribution is 2.20. The summed E-state index contributed by atoms with van der Waals surface area (Å²) >= 11 is 0. The van der Waals surface area contributed by atoms with Crippen molar-refractivity contribution in [2.45, 2.75) is 6.42 Å². The number of carbonyl (C=O) groups is 1. The van der Waals surface area contributed by atoms with E-state index in [9.17, 15) is 4.79 Å². The van der Waals surface area contributed by atoms with Crippen molar-refractivity contribution in [2.24, 2.45) is 5.92 Å². The van der Waals surface area contributed by atoms with Crippen LogP contribution in [0.25, 0.3) is 6.08 Å². The minimum absolute atomic E-state index is 0.0832. The predicted octanol–water partition coefficient (Wildman–Crippen LogP) is 2.07. The van der Waals surface area contributed by atoms with Crippen LogP contribution in [0.1, 0.15) is 11.1 Å². The van der Waals surface area contributed by atoms with Crippen molar-refractivity contribution < 1.29 is 4.79 Å². The zero-order chi connectivity index (χ0) is 8.39. The monoisotopic (exact) mass is 158 g/mol. The molecule has 1 aromatic carbocycles. The lowest BCUT2D eigenvalue weighted by molar-refractivity contribution is -0.109. The summed E-state index contributed by atoms with van der Waals surface area (Å²) in [4.78, 5) is 10.5. The Balaban J connectivity index is 2.39. The topological polar surface area (TPSA) is 17.1 Å². The minimum Gasteiger partial charge on any atom is -0.303 e. The number of hydrogen-bond donors (Lipinski definition) is 0. The van der Waals surface area contributed by atoms with Gasteiger partial charge in [0, 0.05) is 5.92 Å². The molecule has 0 amide bonds. The largest absolute Gasteiger partial charge is 0.303 e. The van der Waals surface area contributed by atoms with Crippen LogP contribution in [0.3, 0.4) is 0 Å². The summed E-state index contributed by atoms with van der Waals surface area (Å²) in [5.74, 6) is 0.0832. The van der Waals surface area contributed by atoms with Crippen molar-refractivity contribution in [1.82, 2.24) is 0 Å². The summed E-state index contributed by atoms with van der Waals surface area (Å²) in [6.07, 6.45) is 5.86. The van der Waals surface area contributed by atoms with E-state index in [1.165, 1.54) is 11.1 Å². The minimum atomic E-state index is 0.0832. The second-order valence-corrected chi connectivity index (χ2v) is 3.06. The fourth-order valence-corrected chi connectivity index (χ4v) is 1.53. The third-order valence-electron chi connectivity index (χ3n) is 2.21. The van der Waals surface area contributed by atoms with E-state index in [1.54, 1.807) is 0 Å². The molecule has 2 rings (SSSR count). The Kier molecular flexibility index (Phi) is 1.78. The van der Waals surface area contributed by atoms with Gasteiger partial charge in [0.05, 0.1) is 0 Å². The molecule has 0 saturated heterocycles. The van der Waals surface area contributed by atoms with E-state index in [2.05, 4.69) is 12.1 Å². The van der Waals surface area contributed by atoms with Gasteiger partial charge in [0.2, 0.25) is 0 Å². The molecule has 0 heterocycles. The van der Waals surface area contributed by atoms with E-state index >= 15 is 0 Å². The van der Waals surface area contributed by atoms with Gasteiger partial charge in [-0.2, -0.15) is 0 Å². The molecule has 1 heteroatoms. The Hall–Kier alpha value is -1.37. The molecule has 0 saturated carbocycles. The predicted molar refractivity (Wildman–Crippen MR) is 48.7 cm³/mol. The molecule has 0 bridgehead atoms. The van der Waals surface area contributed by atoms with Crippen LogP contribution in [0.2, 0.25) is 0 Å². The molecular formula is C11H10O. The maximum atomic E-state index is 10.5. The second-order valence-electron chi connectivity index (χ2n) is 3.06. The fraction of sp³-hybridized carbons (Fsp3) is 0.182. The quantitative estimate of drug-likeness (QED) is 0.572. The zero-order valence-corrected chi connectivity index (χ0v) is 6.73. The first-order valence-electron chi connectivity index (χ1n) is 4.11. The third kappa shape index (κ3) is 1.18. The number of rotatable bonds is 1. The Morgan fingerprint density at radius 3 is 3.00 bits per heavy atom. The van der Waals surface area contributed by atoms with Gasteiger partial charge in [0.25, 0.3) is 0 Å². The van der Waals surface area contributed by atoms with Crippen LogP contribution in [0, 0.1) is 5.92 Å². The second kappa shape index (κ2) is 2.94. The molecular weight excluding hydrogens is 148 g/mol. The van der Waals surface area contributed by atoms with Crippen molar-refractivity contribution in [3.05, 3.63) is 41.5 Å². The van der Waals surface area contributed by atoms with Gasteiger partial charge in [0.1, 0.15) is 6.29 Å². The number of fused-ring (bicyclic) bond motifs is 1. The third-order valence-corrected chi connectivity index (χ3v) is 2.21. The molecule has 1 unspecified atom stereocenters. The van der Waals surface area contributed by atoms with Crippen LogP contribution in [-0.2, 0) is 11.2 Å². The van der Waals surface area contributed by atoms with Crippen LogP contribution in [0.15, 0.2) is 30.3 Å². The van der Waals surface area contributed by atoms with Gasteiger partial charge in [0.15, 0.2) is 0 Å². The molecule has 12 heavy (non-hydrogen) atoms. The standard InChI is InChI=1S/C11H10O/c12-8-9-5-6-10-3-1-2-4-11(10)7-9/h1-6,8-9H,7H2. The van der Waals surface area contributed by atoms with Crippen molar-refractivity contribution in [2.75, 3.05) is 0 Å². The molecule has 1 aliphatic carbocycles. The average molecular weight is 158 g/mol. The SMILES string of the molecule is O=CC1C=Cc2ccccc2C1. The number of carbonyl (C=O) groups excluding carboxylic acids is 1. The molecule has 1 nitrogen and oxygen atoms in total. The molecule has 60 valence electrons. The van der Waals surface area contributed by atoms with Crippen LogP contribution in [0.4, 0.5) is 0 Å². The van der Waals surface area contributed by atoms with Gasteiger partial charge >= 0.3 is 0 Å².